The molecule has 0 saturated carbocycles. The topological polar surface area (TPSA) is 83.7 Å². The van der Waals surface area contributed by atoms with Crippen molar-refractivity contribution in [3.05, 3.63) is 53.5 Å². The summed E-state index contributed by atoms with van der Waals surface area (Å²) < 4.78 is 20.2. The number of halogens is 1. The summed E-state index contributed by atoms with van der Waals surface area (Å²) in [7, 11) is 0. The molecule has 0 bridgehead atoms. The zero-order valence-corrected chi connectivity index (χ0v) is 19.3. The Bertz CT molecular complexity index is 1180. The Hall–Kier alpha value is -3.39. The lowest BCUT2D eigenvalue weighted by molar-refractivity contribution is 0.100. The van der Waals surface area contributed by atoms with Gasteiger partial charge in [0.05, 0.1) is 29.1 Å². The summed E-state index contributed by atoms with van der Waals surface area (Å²) in [5, 5.41) is 3.98. The van der Waals surface area contributed by atoms with Gasteiger partial charge in [0, 0.05) is 55.1 Å². The highest BCUT2D eigenvalue weighted by Crippen LogP contribution is 2.38. The number of carbonyl (C=O) groups excluding carboxylic acids is 1. The minimum atomic E-state index is -0.604. The number of primary amides is 1. The van der Waals surface area contributed by atoms with Crippen molar-refractivity contribution in [2.24, 2.45) is 5.73 Å². The molecule has 1 amide bonds. The van der Waals surface area contributed by atoms with Gasteiger partial charge in [-0.05, 0) is 38.6 Å². The first-order valence-corrected chi connectivity index (χ1v) is 11.3. The SMILES string of the molecule is CCOc1cc2ncc(C(N)=O)c(Nc3cccc(F)c3C)c2cc1N1CCN(CC)CC1. The number of aromatic nitrogens is 1. The van der Waals surface area contributed by atoms with Gasteiger partial charge in [0.2, 0.25) is 0 Å². The van der Waals surface area contributed by atoms with Crippen molar-refractivity contribution in [1.82, 2.24) is 9.88 Å². The van der Waals surface area contributed by atoms with Crippen molar-refractivity contribution in [2.45, 2.75) is 20.8 Å². The number of hydrogen-bond donors (Lipinski definition) is 2. The van der Waals surface area contributed by atoms with Gasteiger partial charge in [0.25, 0.3) is 5.91 Å². The molecule has 3 N–H and O–H groups in total. The highest BCUT2D eigenvalue weighted by atomic mass is 19.1. The highest BCUT2D eigenvalue weighted by Gasteiger charge is 2.22. The van der Waals surface area contributed by atoms with E-state index in [0.717, 1.165) is 49.5 Å². The molecule has 0 spiro atoms. The predicted octanol–water partition coefficient (Wildman–Crippen LogP) is 4.07. The van der Waals surface area contributed by atoms with Crippen LogP contribution in [-0.4, -0.2) is 55.1 Å². The summed E-state index contributed by atoms with van der Waals surface area (Å²) in [6, 6.07) is 8.70. The molecule has 1 aromatic heterocycles. The van der Waals surface area contributed by atoms with Crippen LogP contribution in [0.5, 0.6) is 5.75 Å². The van der Waals surface area contributed by atoms with Crippen molar-refractivity contribution in [1.29, 1.82) is 0 Å². The number of pyridine rings is 1. The molecule has 1 saturated heterocycles. The summed E-state index contributed by atoms with van der Waals surface area (Å²) in [5.41, 5.74) is 9.08. The Kier molecular flexibility index (Phi) is 6.65. The standard InChI is InChI=1S/C25H30FN5O2/c1-4-30-9-11-31(12-10-30)22-13-17-21(14-23(22)33-5-2)28-15-18(25(27)32)24(17)29-20-8-6-7-19(26)16(20)3/h6-8,13-15H,4-5,9-12H2,1-3H3,(H2,27,32)(H,28,29). The van der Waals surface area contributed by atoms with Crippen molar-refractivity contribution in [3.63, 3.8) is 0 Å². The van der Waals surface area contributed by atoms with E-state index in [9.17, 15) is 9.18 Å². The smallest absolute Gasteiger partial charge is 0.252 e. The number of anilines is 3. The lowest BCUT2D eigenvalue weighted by atomic mass is 10.1. The first kappa shape index (κ1) is 22.8. The Balaban J connectivity index is 1.87. The number of nitrogens with zero attached hydrogens (tertiary/aromatic N) is 3. The summed E-state index contributed by atoms with van der Waals surface area (Å²) in [5.74, 6) is -0.179. The normalized spacial score (nSPS) is 14.5. The zero-order chi connectivity index (χ0) is 23.5. The lowest BCUT2D eigenvalue weighted by Crippen LogP contribution is -2.46. The van der Waals surface area contributed by atoms with Crippen LogP contribution in [-0.2, 0) is 0 Å². The van der Waals surface area contributed by atoms with Crippen molar-refractivity contribution >= 4 is 33.9 Å². The van der Waals surface area contributed by atoms with Crippen LogP contribution in [0.15, 0.2) is 36.5 Å². The van der Waals surface area contributed by atoms with Crippen LogP contribution < -0.4 is 20.7 Å². The molecule has 4 rings (SSSR count). The quantitative estimate of drug-likeness (QED) is 0.564. The van der Waals surface area contributed by atoms with Crippen LogP contribution in [0.3, 0.4) is 0 Å². The molecule has 2 aromatic carbocycles. The fraction of sp³-hybridized carbons (Fsp3) is 0.360. The second-order valence-electron chi connectivity index (χ2n) is 8.14. The Morgan fingerprint density at radius 1 is 1.21 bits per heavy atom. The largest absolute Gasteiger partial charge is 0.492 e. The van der Waals surface area contributed by atoms with E-state index < -0.39 is 5.91 Å². The molecule has 7 nitrogen and oxygen atoms in total. The van der Waals surface area contributed by atoms with E-state index in [-0.39, 0.29) is 11.4 Å². The maximum Gasteiger partial charge on any atom is 0.252 e. The van der Waals surface area contributed by atoms with Crippen LogP contribution in [0.4, 0.5) is 21.5 Å². The van der Waals surface area contributed by atoms with Crippen LogP contribution in [0.2, 0.25) is 0 Å². The third-order valence-corrected chi connectivity index (χ3v) is 6.20. The maximum absolute atomic E-state index is 14.2. The number of ether oxygens (including phenoxy) is 1. The average Bonchev–Trinajstić information content (AvgIpc) is 2.82. The summed E-state index contributed by atoms with van der Waals surface area (Å²) in [6.45, 7) is 11.0. The van der Waals surface area contributed by atoms with Gasteiger partial charge in [-0.1, -0.05) is 13.0 Å². The van der Waals surface area contributed by atoms with Crippen LogP contribution >= 0.6 is 0 Å². The van der Waals surface area contributed by atoms with Gasteiger partial charge >= 0.3 is 0 Å². The van der Waals surface area contributed by atoms with Gasteiger partial charge in [0.1, 0.15) is 11.6 Å². The molecule has 0 atom stereocenters. The number of nitrogens with two attached hydrogens (primary N) is 1. The van der Waals surface area contributed by atoms with Gasteiger partial charge in [-0.3, -0.25) is 9.78 Å². The van der Waals surface area contributed by atoms with Gasteiger partial charge in [0.15, 0.2) is 0 Å². The second-order valence-corrected chi connectivity index (χ2v) is 8.14. The number of piperazine rings is 1. The molecule has 8 heteroatoms. The first-order valence-electron chi connectivity index (χ1n) is 11.3. The average molecular weight is 452 g/mol. The van der Waals surface area contributed by atoms with E-state index in [2.05, 4.69) is 27.0 Å². The molecule has 1 fully saturated rings. The highest BCUT2D eigenvalue weighted by molar-refractivity contribution is 6.08. The molecule has 0 aliphatic carbocycles. The van der Waals surface area contributed by atoms with E-state index in [0.29, 0.717) is 29.1 Å². The minimum Gasteiger partial charge on any atom is -0.492 e. The monoisotopic (exact) mass is 451 g/mol. The molecule has 1 aliphatic rings. The second kappa shape index (κ2) is 9.62. The van der Waals surface area contributed by atoms with Gasteiger partial charge in [-0.15, -0.1) is 0 Å². The number of fused-ring (bicyclic) bond motifs is 1. The fourth-order valence-electron chi connectivity index (χ4n) is 4.23. The van der Waals surface area contributed by atoms with E-state index in [1.54, 1.807) is 19.1 Å². The summed E-state index contributed by atoms with van der Waals surface area (Å²) >= 11 is 0. The molecule has 174 valence electrons. The molecule has 0 unspecified atom stereocenters. The third kappa shape index (κ3) is 4.57. The Morgan fingerprint density at radius 2 is 1.97 bits per heavy atom. The van der Waals surface area contributed by atoms with Crippen molar-refractivity contribution < 1.29 is 13.9 Å². The van der Waals surface area contributed by atoms with Gasteiger partial charge < -0.3 is 25.6 Å². The molecular weight excluding hydrogens is 421 g/mol. The Labute approximate surface area is 193 Å². The van der Waals surface area contributed by atoms with Crippen molar-refractivity contribution in [3.8, 4) is 5.75 Å². The molecule has 1 aliphatic heterocycles. The van der Waals surface area contributed by atoms with Gasteiger partial charge in [-0.2, -0.15) is 0 Å². The van der Waals surface area contributed by atoms with E-state index in [4.69, 9.17) is 10.5 Å². The number of benzene rings is 2. The molecule has 2 heterocycles. The number of amides is 1. The van der Waals surface area contributed by atoms with E-state index >= 15 is 0 Å². The molecular formula is C25H30FN5O2. The summed E-state index contributed by atoms with van der Waals surface area (Å²) in [6.07, 6.45) is 1.46. The number of rotatable bonds is 7. The number of nitrogens with one attached hydrogen (secondary N) is 1. The van der Waals surface area contributed by atoms with Crippen LogP contribution in [0, 0.1) is 12.7 Å². The molecule has 0 radical (unpaired) electrons. The number of likely N-dealkylation sites (N-methyl/N-ethyl adjacent to an activating group) is 1. The van der Waals surface area contributed by atoms with Crippen LogP contribution in [0.1, 0.15) is 29.8 Å². The lowest BCUT2D eigenvalue weighted by Gasteiger charge is -2.36. The predicted molar refractivity (Wildman–Crippen MR) is 130 cm³/mol. The molecule has 3 aromatic rings. The van der Waals surface area contributed by atoms with Crippen LogP contribution in [0.25, 0.3) is 10.9 Å². The van der Waals surface area contributed by atoms with Gasteiger partial charge in [-0.25, -0.2) is 4.39 Å². The summed E-state index contributed by atoms with van der Waals surface area (Å²) in [4.78, 5) is 21.4. The van der Waals surface area contributed by atoms with E-state index in [1.807, 2.05) is 19.1 Å². The fourth-order valence-corrected chi connectivity index (χ4v) is 4.23. The Morgan fingerprint density at radius 3 is 2.64 bits per heavy atom. The number of carbonyl (C=O) groups is 1. The minimum absolute atomic E-state index is 0.247. The zero-order valence-electron chi connectivity index (χ0n) is 19.3. The third-order valence-electron chi connectivity index (χ3n) is 6.20. The van der Waals surface area contributed by atoms with E-state index in [1.165, 1.54) is 12.3 Å². The van der Waals surface area contributed by atoms with Crippen molar-refractivity contribution in [2.75, 3.05) is 49.5 Å². The molecule has 33 heavy (non-hydrogen) atoms. The first-order chi connectivity index (χ1) is 15.9. The maximum atomic E-state index is 14.2. The number of hydrogen-bond acceptors (Lipinski definition) is 6.